The van der Waals surface area contributed by atoms with E-state index in [1.807, 2.05) is 38.1 Å². The number of benzene rings is 1. The molecule has 0 aliphatic heterocycles. The van der Waals surface area contributed by atoms with E-state index in [1.54, 1.807) is 10.8 Å². The maximum atomic E-state index is 13.4. The number of fused-ring (bicyclic) bond motifs is 2. The van der Waals surface area contributed by atoms with Crippen LogP contribution in [0.15, 0.2) is 45.1 Å². The molecule has 2 heterocycles. The molecule has 2 aromatic heterocycles. The second-order valence-corrected chi connectivity index (χ2v) is 10.5. The summed E-state index contributed by atoms with van der Waals surface area (Å²) in [5.41, 5.74) is 1.55. The van der Waals surface area contributed by atoms with Crippen molar-refractivity contribution in [2.75, 3.05) is 12.4 Å². The van der Waals surface area contributed by atoms with Crippen molar-refractivity contribution in [2.45, 2.75) is 50.2 Å². The number of aromatic nitrogens is 3. The minimum Gasteiger partial charge on any atom is -0.396 e. The Morgan fingerprint density at radius 1 is 1.13 bits per heavy atom. The molecular weight excluding hydrogens is 418 g/mol. The average molecular weight is 446 g/mol. The third-order valence-corrected chi connectivity index (χ3v) is 7.87. The fraction of sp³-hybridized carbons (Fsp3) is 0.455. The van der Waals surface area contributed by atoms with Crippen molar-refractivity contribution in [3.05, 3.63) is 62.4 Å². The van der Waals surface area contributed by atoms with Crippen LogP contribution in [0.3, 0.4) is 0 Å². The molecule has 0 radical (unpaired) electrons. The summed E-state index contributed by atoms with van der Waals surface area (Å²) in [5, 5.41) is 9.20. The first-order valence-corrected chi connectivity index (χ1v) is 12.1. The Morgan fingerprint density at radius 2 is 1.74 bits per heavy atom. The van der Waals surface area contributed by atoms with Gasteiger partial charge in [0.05, 0.1) is 11.3 Å². The smallest absolute Gasteiger partial charge is 0.331 e. The fourth-order valence-corrected chi connectivity index (χ4v) is 6.29. The highest BCUT2D eigenvalue weighted by atomic mass is 32.2. The summed E-state index contributed by atoms with van der Waals surface area (Å²) in [6, 6.07) is 7.54. The van der Waals surface area contributed by atoms with Gasteiger partial charge in [0.25, 0.3) is 5.56 Å². The lowest BCUT2D eigenvalue weighted by atomic mass is 10.1. The molecule has 0 saturated carbocycles. The lowest BCUT2D eigenvalue weighted by Crippen LogP contribution is -2.38. The van der Waals surface area contributed by atoms with Crippen molar-refractivity contribution in [1.29, 1.82) is 0 Å². The lowest BCUT2D eigenvalue weighted by Gasteiger charge is -2.16. The molecule has 31 heavy (non-hydrogen) atoms. The average Bonchev–Trinajstić information content (AvgIpc) is 3.32. The van der Waals surface area contributed by atoms with E-state index < -0.39 is 21.1 Å². The fourth-order valence-electron chi connectivity index (χ4n) is 4.57. The zero-order valence-electron chi connectivity index (χ0n) is 17.9. The van der Waals surface area contributed by atoms with Gasteiger partial charge in [0, 0.05) is 31.9 Å². The predicted molar refractivity (Wildman–Crippen MR) is 118 cm³/mol. The minimum atomic E-state index is -3.88. The SMILES string of the molecule is CC(C)n1c(=O)n(C)c(=O)c2c(S(=O)(=O)CCCO)n(C3Cc4ccccc4C3)cc21. The van der Waals surface area contributed by atoms with E-state index in [1.165, 1.54) is 11.6 Å². The molecule has 0 amide bonds. The standard InChI is InChI=1S/C22H27N3O5S/c1-14(2)25-18-13-24(17-11-15-7-4-5-8-16(15)12-17)21(31(29,30)10-6-9-26)19(18)20(27)23(3)22(25)28/h4-5,7-8,13-14,17,26H,6,9-12H2,1-3H3. The maximum Gasteiger partial charge on any atom is 0.331 e. The molecule has 0 spiro atoms. The number of aliphatic hydroxyl groups excluding tert-OH is 1. The molecule has 4 rings (SSSR count). The molecule has 0 saturated heterocycles. The molecule has 1 aliphatic rings. The van der Waals surface area contributed by atoms with E-state index in [-0.39, 0.29) is 41.3 Å². The number of nitrogens with zero attached hydrogens (tertiary/aromatic N) is 3. The van der Waals surface area contributed by atoms with Crippen molar-refractivity contribution < 1.29 is 13.5 Å². The van der Waals surface area contributed by atoms with Crippen LogP contribution in [0.25, 0.3) is 10.9 Å². The summed E-state index contributed by atoms with van der Waals surface area (Å²) >= 11 is 0. The van der Waals surface area contributed by atoms with Crippen molar-refractivity contribution in [2.24, 2.45) is 7.05 Å². The highest BCUT2D eigenvalue weighted by molar-refractivity contribution is 7.91. The van der Waals surface area contributed by atoms with Gasteiger partial charge < -0.3 is 9.67 Å². The van der Waals surface area contributed by atoms with Gasteiger partial charge in [0.15, 0.2) is 14.9 Å². The number of hydrogen-bond donors (Lipinski definition) is 1. The first-order chi connectivity index (χ1) is 14.7. The van der Waals surface area contributed by atoms with E-state index in [0.29, 0.717) is 18.4 Å². The summed E-state index contributed by atoms with van der Waals surface area (Å²) in [5.74, 6) is -0.272. The minimum absolute atomic E-state index is 0.0460. The van der Waals surface area contributed by atoms with Gasteiger partial charge in [-0.3, -0.25) is 13.9 Å². The van der Waals surface area contributed by atoms with Crippen molar-refractivity contribution >= 4 is 20.7 Å². The Bertz CT molecular complexity index is 1350. The van der Waals surface area contributed by atoms with Gasteiger partial charge in [0.1, 0.15) is 5.39 Å². The molecule has 8 nitrogen and oxygen atoms in total. The van der Waals surface area contributed by atoms with E-state index >= 15 is 0 Å². The van der Waals surface area contributed by atoms with Crippen LogP contribution < -0.4 is 11.2 Å². The van der Waals surface area contributed by atoms with Crippen molar-refractivity contribution in [1.82, 2.24) is 13.7 Å². The van der Waals surface area contributed by atoms with E-state index in [4.69, 9.17) is 0 Å². The van der Waals surface area contributed by atoms with Crippen molar-refractivity contribution in [3.8, 4) is 0 Å². The number of aliphatic hydroxyl groups is 1. The quantitative estimate of drug-likeness (QED) is 0.621. The molecule has 0 unspecified atom stereocenters. The van der Waals surface area contributed by atoms with Crippen LogP contribution in [0.4, 0.5) is 0 Å². The topological polar surface area (TPSA) is 103 Å². The zero-order chi connectivity index (χ0) is 22.5. The largest absolute Gasteiger partial charge is 0.396 e. The van der Waals surface area contributed by atoms with Crippen LogP contribution in [0, 0.1) is 0 Å². The van der Waals surface area contributed by atoms with Gasteiger partial charge in [0.2, 0.25) is 0 Å². The summed E-state index contributed by atoms with van der Waals surface area (Å²) in [7, 11) is -2.51. The lowest BCUT2D eigenvalue weighted by molar-refractivity contribution is 0.295. The van der Waals surface area contributed by atoms with Crippen LogP contribution in [-0.4, -0.2) is 39.6 Å². The van der Waals surface area contributed by atoms with Gasteiger partial charge in [-0.05, 0) is 44.2 Å². The molecule has 1 aliphatic carbocycles. The van der Waals surface area contributed by atoms with Crippen LogP contribution >= 0.6 is 0 Å². The molecule has 0 atom stereocenters. The Labute approximate surface area is 180 Å². The van der Waals surface area contributed by atoms with Gasteiger partial charge in [-0.25, -0.2) is 13.2 Å². The highest BCUT2D eigenvalue weighted by Crippen LogP contribution is 2.35. The van der Waals surface area contributed by atoms with Crippen LogP contribution in [0.1, 0.15) is 43.5 Å². The Hall–Kier alpha value is -2.65. The predicted octanol–water partition coefficient (Wildman–Crippen LogP) is 1.58. The van der Waals surface area contributed by atoms with Crippen LogP contribution in [-0.2, 0) is 29.7 Å². The van der Waals surface area contributed by atoms with Gasteiger partial charge in [-0.1, -0.05) is 24.3 Å². The summed E-state index contributed by atoms with van der Waals surface area (Å²) in [6.45, 7) is 3.39. The van der Waals surface area contributed by atoms with Crippen LogP contribution in [0.2, 0.25) is 0 Å². The molecule has 9 heteroatoms. The molecular formula is C22H27N3O5S. The third-order valence-electron chi connectivity index (χ3n) is 6.04. The van der Waals surface area contributed by atoms with E-state index in [2.05, 4.69) is 0 Å². The first-order valence-electron chi connectivity index (χ1n) is 10.4. The molecule has 0 bridgehead atoms. The summed E-state index contributed by atoms with van der Waals surface area (Å²) in [4.78, 5) is 26.0. The Kier molecular flexibility index (Phi) is 5.43. The van der Waals surface area contributed by atoms with Gasteiger partial charge in [-0.15, -0.1) is 0 Å². The molecule has 1 N–H and O–H groups in total. The van der Waals surface area contributed by atoms with E-state index in [0.717, 1.165) is 15.7 Å². The molecule has 0 fully saturated rings. The molecule has 3 aromatic rings. The monoisotopic (exact) mass is 445 g/mol. The van der Waals surface area contributed by atoms with Gasteiger partial charge in [-0.2, -0.15) is 0 Å². The van der Waals surface area contributed by atoms with Gasteiger partial charge >= 0.3 is 5.69 Å². The number of hydrogen-bond acceptors (Lipinski definition) is 5. The number of sulfone groups is 1. The normalized spacial score (nSPS) is 14.6. The summed E-state index contributed by atoms with van der Waals surface area (Å²) < 4.78 is 30.9. The second-order valence-electron chi connectivity index (χ2n) is 8.44. The van der Waals surface area contributed by atoms with Crippen LogP contribution in [0.5, 0.6) is 0 Å². The number of rotatable bonds is 6. The zero-order valence-corrected chi connectivity index (χ0v) is 18.7. The highest BCUT2D eigenvalue weighted by Gasteiger charge is 2.33. The Morgan fingerprint density at radius 3 is 2.29 bits per heavy atom. The third kappa shape index (κ3) is 3.45. The maximum absolute atomic E-state index is 13.4. The second kappa shape index (κ2) is 7.80. The van der Waals surface area contributed by atoms with E-state index in [9.17, 15) is 23.1 Å². The Balaban J connectivity index is 2.05. The summed E-state index contributed by atoms with van der Waals surface area (Å²) in [6.07, 6.45) is 3.02. The molecule has 1 aromatic carbocycles. The molecule has 166 valence electrons. The van der Waals surface area contributed by atoms with Crippen molar-refractivity contribution in [3.63, 3.8) is 0 Å². The first kappa shape index (κ1) is 21.6.